The molecule has 8 heteroatoms. The fourth-order valence-electron chi connectivity index (χ4n) is 1.54. The molecule has 0 radical (unpaired) electrons. The van der Waals surface area contributed by atoms with Gasteiger partial charge in [-0.25, -0.2) is 0 Å². The second-order valence-electron chi connectivity index (χ2n) is 3.99. The van der Waals surface area contributed by atoms with E-state index in [-0.39, 0.29) is 5.25 Å². The van der Waals surface area contributed by atoms with E-state index < -0.39 is 11.1 Å². The molecular weight excluding hydrogens is 284 g/mol. The van der Waals surface area contributed by atoms with E-state index in [0.29, 0.717) is 11.7 Å². The summed E-state index contributed by atoms with van der Waals surface area (Å²) < 4.78 is 1.44. The highest BCUT2D eigenvalue weighted by Gasteiger charge is 2.16. The van der Waals surface area contributed by atoms with Crippen LogP contribution in [0, 0.1) is 6.92 Å². The highest BCUT2D eigenvalue weighted by atomic mass is 32.2. The molecule has 0 aliphatic rings. The smallest absolute Gasteiger partial charge is 0.329 e. The summed E-state index contributed by atoms with van der Waals surface area (Å²) in [6, 6.07) is 4.05. The number of thiophene rings is 1. The number of nitrogens with one attached hydrogen (secondary N) is 1. The van der Waals surface area contributed by atoms with Crippen molar-refractivity contribution in [3.8, 4) is 0 Å². The zero-order chi connectivity index (χ0) is 14.0. The van der Waals surface area contributed by atoms with Gasteiger partial charge in [0.1, 0.15) is 0 Å². The van der Waals surface area contributed by atoms with Crippen molar-refractivity contribution in [3.63, 3.8) is 0 Å². The highest BCUT2D eigenvalue weighted by molar-refractivity contribution is 7.99. The summed E-state index contributed by atoms with van der Waals surface area (Å²) in [4.78, 5) is 28.5. The number of rotatable bonds is 4. The van der Waals surface area contributed by atoms with Gasteiger partial charge in [-0.1, -0.05) is 11.8 Å². The highest BCUT2D eigenvalue weighted by Crippen LogP contribution is 2.35. The van der Waals surface area contributed by atoms with Crippen LogP contribution in [-0.4, -0.2) is 21.3 Å². The monoisotopic (exact) mass is 298 g/mol. The van der Waals surface area contributed by atoms with Crippen LogP contribution in [0.2, 0.25) is 0 Å². The lowest BCUT2D eigenvalue weighted by atomic mass is 10.3. The van der Waals surface area contributed by atoms with Crippen molar-refractivity contribution in [2.24, 2.45) is 12.8 Å². The van der Waals surface area contributed by atoms with Crippen molar-refractivity contribution in [1.29, 1.82) is 0 Å². The maximum Gasteiger partial charge on any atom is 0.339 e. The minimum Gasteiger partial charge on any atom is -0.329 e. The van der Waals surface area contributed by atoms with Crippen LogP contribution in [0.15, 0.2) is 26.9 Å². The van der Waals surface area contributed by atoms with Crippen molar-refractivity contribution in [1.82, 2.24) is 14.8 Å². The summed E-state index contributed by atoms with van der Waals surface area (Å²) in [5, 5.41) is 2.89. The molecular formula is C11H14N4O2S2. The minimum atomic E-state index is -0.779. The first-order chi connectivity index (χ1) is 9.01. The molecule has 0 aliphatic carbocycles. The molecule has 1 atom stereocenters. The Balaban J connectivity index is 2.31. The van der Waals surface area contributed by atoms with Gasteiger partial charge in [-0.2, -0.15) is 4.98 Å². The number of nitrogens with two attached hydrogens (primary N) is 1. The van der Waals surface area contributed by atoms with Crippen LogP contribution in [0.25, 0.3) is 0 Å². The van der Waals surface area contributed by atoms with Gasteiger partial charge < -0.3 is 5.73 Å². The normalized spacial score (nSPS) is 12.6. The van der Waals surface area contributed by atoms with E-state index in [1.165, 1.54) is 21.3 Å². The fraction of sp³-hybridized carbons (Fsp3) is 0.364. The molecule has 0 amide bonds. The lowest BCUT2D eigenvalue weighted by molar-refractivity contribution is 0.595. The molecule has 102 valence electrons. The van der Waals surface area contributed by atoms with Crippen LogP contribution in [0.1, 0.15) is 15.0 Å². The SMILES string of the molecule is Cc1ccc(C(CN)Sc2nc(=O)c(=O)[nH]n2C)s1. The summed E-state index contributed by atoms with van der Waals surface area (Å²) in [6.07, 6.45) is 0. The fourth-order valence-corrected chi connectivity index (χ4v) is 3.59. The Labute approximate surface area is 117 Å². The number of aromatic amines is 1. The van der Waals surface area contributed by atoms with E-state index in [9.17, 15) is 9.59 Å². The second-order valence-corrected chi connectivity index (χ2v) is 6.48. The van der Waals surface area contributed by atoms with Crippen molar-refractivity contribution in [2.75, 3.05) is 6.54 Å². The summed E-state index contributed by atoms with van der Waals surface area (Å²) in [5.74, 6) is 0. The molecule has 3 N–H and O–H groups in total. The number of thioether (sulfide) groups is 1. The molecule has 19 heavy (non-hydrogen) atoms. The maximum atomic E-state index is 11.3. The number of hydrogen-bond acceptors (Lipinski definition) is 6. The van der Waals surface area contributed by atoms with E-state index in [4.69, 9.17) is 5.73 Å². The van der Waals surface area contributed by atoms with Crippen molar-refractivity contribution >= 4 is 23.1 Å². The molecule has 2 heterocycles. The Morgan fingerprint density at radius 3 is 2.84 bits per heavy atom. The number of H-pyrrole nitrogens is 1. The molecule has 2 rings (SSSR count). The Bertz CT molecular complexity index is 688. The van der Waals surface area contributed by atoms with Gasteiger partial charge in [-0.15, -0.1) is 11.3 Å². The van der Waals surface area contributed by atoms with Crippen LogP contribution in [-0.2, 0) is 7.05 Å². The quantitative estimate of drug-likeness (QED) is 0.638. The Morgan fingerprint density at radius 1 is 1.53 bits per heavy atom. The third-order valence-electron chi connectivity index (χ3n) is 2.49. The van der Waals surface area contributed by atoms with Gasteiger partial charge in [0.05, 0.1) is 5.25 Å². The van der Waals surface area contributed by atoms with Crippen LogP contribution >= 0.6 is 23.1 Å². The van der Waals surface area contributed by atoms with Gasteiger partial charge >= 0.3 is 11.1 Å². The zero-order valence-electron chi connectivity index (χ0n) is 10.5. The van der Waals surface area contributed by atoms with Gasteiger partial charge in [0.2, 0.25) is 0 Å². The van der Waals surface area contributed by atoms with E-state index in [2.05, 4.69) is 10.1 Å². The van der Waals surface area contributed by atoms with Crippen LogP contribution in [0.5, 0.6) is 0 Å². The van der Waals surface area contributed by atoms with Crippen LogP contribution < -0.4 is 16.9 Å². The Morgan fingerprint density at radius 2 is 2.26 bits per heavy atom. The molecule has 0 aliphatic heterocycles. The third kappa shape index (κ3) is 3.14. The molecule has 0 saturated carbocycles. The van der Waals surface area contributed by atoms with Gasteiger partial charge in [0, 0.05) is 23.3 Å². The first-order valence-electron chi connectivity index (χ1n) is 5.61. The van der Waals surface area contributed by atoms with Gasteiger partial charge in [0.25, 0.3) is 0 Å². The molecule has 1 unspecified atom stereocenters. The lowest BCUT2D eigenvalue weighted by Gasteiger charge is -2.13. The predicted molar refractivity (Wildman–Crippen MR) is 76.8 cm³/mol. The standard InChI is InChI=1S/C11H14N4O2S2/c1-6-3-4-7(18-6)8(5-12)19-11-13-9(16)10(17)14-15(11)2/h3-4,8H,5,12H2,1-2H3,(H,14,17). The third-order valence-corrected chi connectivity index (χ3v) is 5.06. The van der Waals surface area contributed by atoms with Gasteiger partial charge in [-0.05, 0) is 19.1 Å². The Hall–Kier alpha value is -1.38. The first-order valence-corrected chi connectivity index (χ1v) is 7.31. The number of aryl methyl sites for hydroxylation is 2. The van der Waals surface area contributed by atoms with Crippen molar-refractivity contribution in [3.05, 3.63) is 42.6 Å². The molecule has 0 fully saturated rings. The molecule has 0 spiro atoms. The predicted octanol–water partition coefficient (Wildman–Crippen LogP) is 0.631. The van der Waals surface area contributed by atoms with Crippen LogP contribution in [0.3, 0.4) is 0 Å². The molecule has 6 nitrogen and oxygen atoms in total. The number of aromatic nitrogens is 3. The molecule has 0 aromatic carbocycles. The first kappa shape index (κ1) is 14.0. The van der Waals surface area contributed by atoms with E-state index in [1.54, 1.807) is 18.4 Å². The van der Waals surface area contributed by atoms with Crippen molar-refractivity contribution < 1.29 is 0 Å². The average Bonchev–Trinajstić information content (AvgIpc) is 2.78. The molecule has 0 saturated heterocycles. The van der Waals surface area contributed by atoms with Gasteiger partial charge in [0.15, 0.2) is 5.16 Å². The lowest BCUT2D eigenvalue weighted by Crippen LogP contribution is -2.34. The average molecular weight is 298 g/mol. The van der Waals surface area contributed by atoms with Crippen LogP contribution in [0.4, 0.5) is 0 Å². The maximum absolute atomic E-state index is 11.3. The largest absolute Gasteiger partial charge is 0.339 e. The Kier molecular flexibility index (Phi) is 4.23. The van der Waals surface area contributed by atoms with E-state index in [0.717, 1.165) is 4.88 Å². The topological polar surface area (TPSA) is 93.8 Å². The van der Waals surface area contributed by atoms with Crippen molar-refractivity contribution in [2.45, 2.75) is 17.3 Å². The summed E-state index contributed by atoms with van der Waals surface area (Å²) in [6.45, 7) is 2.46. The number of nitrogens with zero attached hydrogens (tertiary/aromatic N) is 2. The minimum absolute atomic E-state index is 0.0164. The molecule has 2 aromatic heterocycles. The second kappa shape index (κ2) is 5.72. The summed E-state index contributed by atoms with van der Waals surface area (Å²) in [5.41, 5.74) is 4.28. The number of hydrogen-bond donors (Lipinski definition) is 2. The summed E-state index contributed by atoms with van der Waals surface area (Å²) >= 11 is 3.04. The molecule has 0 bridgehead atoms. The van der Waals surface area contributed by atoms with E-state index in [1.807, 2.05) is 19.1 Å². The zero-order valence-corrected chi connectivity index (χ0v) is 12.2. The molecule has 2 aromatic rings. The van der Waals surface area contributed by atoms with Gasteiger partial charge in [-0.3, -0.25) is 19.4 Å². The summed E-state index contributed by atoms with van der Waals surface area (Å²) in [7, 11) is 1.64. The van der Waals surface area contributed by atoms with E-state index >= 15 is 0 Å².